The summed E-state index contributed by atoms with van der Waals surface area (Å²) < 4.78 is 0. The Kier molecular flexibility index (Phi) is 5.49. The molecule has 0 bridgehead atoms. The molecule has 6 heteroatoms. The Morgan fingerprint density at radius 3 is 1.88 bits per heavy atom. The first-order valence-corrected chi connectivity index (χ1v) is 15.3. The van der Waals surface area contributed by atoms with Gasteiger partial charge >= 0.3 is 0 Å². The number of fused-ring (bicyclic) bond motifs is 5. The van der Waals surface area contributed by atoms with Crippen LogP contribution in [-0.4, -0.2) is 19.9 Å². The number of rotatable bonds is 4. The van der Waals surface area contributed by atoms with Crippen molar-refractivity contribution in [1.29, 1.82) is 0 Å². The number of aromatic nitrogens is 4. The standard InChI is InChI=1S/C35H24N4S2/c1-35(2)30-15-21(22-13-24(19-36-17-22)33-38-9-11-40-33)7-8-28(30)32-27-6-4-3-5-26(27)29(16-31(32)35)23-14-25(20-37-18-23)34-39-10-12-41-34/h3-20H,1-2H3. The molecule has 0 amide bonds. The van der Waals surface area contributed by atoms with Crippen molar-refractivity contribution in [3.05, 3.63) is 120 Å². The molecule has 0 fully saturated rings. The lowest BCUT2D eigenvalue weighted by molar-refractivity contribution is 0.661. The molecule has 196 valence electrons. The third-order valence-electron chi connectivity index (χ3n) is 8.16. The highest BCUT2D eigenvalue weighted by molar-refractivity contribution is 7.13. The molecule has 0 saturated carbocycles. The van der Waals surface area contributed by atoms with E-state index in [1.54, 1.807) is 22.7 Å². The van der Waals surface area contributed by atoms with Gasteiger partial charge in [0.25, 0.3) is 0 Å². The largest absolute Gasteiger partial charge is 0.263 e. The van der Waals surface area contributed by atoms with Gasteiger partial charge in [0.15, 0.2) is 0 Å². The first-order chi connectivity index (χ1) is 20.1. The SMILES string of the molecule is CC1(C)c2cc(-c3cncc(-c4nccs4)c3)ccc2-c2c1cc(-c1cncc(-c3nccs3)c1)c1ccccc21. The summed E-state index contributed by atoms with van der Waals surface area (Å²) in [7, 11) is 0. The summed E-state index contributed by atoms with van der Waals surface area (Å²) in [5.41, 5.74) is 11.8. The highest BCUT2D eigenvalue weighted by Gasteiger charge is 2.37. The minimum atomic E-state index is -0.180. The van der Waals surface area contributed by atoms with Crippen molar-refractivity contribution in [1.82, 2.24) is 19.9 Å². The molecule has 4 aromatic heterocycles. The Bertz CT molecular complexity index is 2080. The summed E-state index contributed by atoms with van der Waals surface area (Å²) in [6.45, 7) is 4.68. The van der Waals surface area contributed by atoms with Gasteiger partial charge in [0.1, 0.15) is 10.0 Å². The van der Waals surface area contributed by atoms with E-state index in [0.717, 1.165) is 32.3 Å². The Balaban J connectivity index is 1.30. The van der Waals surface area contributed by atoms with Crippen LogP contribution in [0.4, 0.5) is 0 Å². The van der Waals surface area contributed by atoms with E-state index in [2.05, 4.69) is 94.4 Å². The summed E-state index contributed by atoms with van der Waals surface area (Å²) in [6, 6.07) is 22.5. The number of nitrogens with zero attached hydrogens (tertiary/aromatic N) is 4. The maximum atomic E-state index is 4.62. The van der Waals surface area contributed by atoms with Crippen molar-refractivity contribution in [3.8, 4) is 54.5 Å². The van der Waals surface area contributed by atoms with E-state index in [4.69, 9.17) is 0 Å². The fourth-order valence-electron chi connectivity index (χ4n) is 6.15. The fourth-order valence-corrected chi connectivity index (χ4v) is 7.39. The molecule has 4 nitrogen and oxygen atoms in total. The number of hydrogen-bond donors (Lipinski definition) is 0. The zero-order chi connectivity index (χ0) is 27.6. The first-order valence-electron chi connectivity index (χ1n) is 13.5. The molecule has 3 aromatic carbocycles. The topological polar surface area (TPSA) is 51.6 Å². The van der Waals surface area contributed by atoms with Crippen LogP contribution in [0, 0.1) is 0 Å². The van der Waals surface area contributed by atoms with Gasteiger partial charge in [-0.3, -0.25) is 9.97 Å². The Hall–Kier alpha value is -4.52. The number of pyridine rings is 2. The van der Waals surface area contributed by atoms with Crippen molar-refractivity contribution in [2.75, 3.05) is 0 Å². The highest BCUT2D eigenvalue weighted by atomic mass is 32.1. The minimum Gasteiger partial charge on any atom is -0.263 e. The predicted molar refractivity (Wildman–Crippen MR) is 170 cm³/mol. The normalized spacial score (nSPS) is 13.3. The summed E-state index contributed by atoms with van der Waals surface area (Å²) in [5.74, 6) is 0. The quantitative estimate of drug-likeness (QED) is 0.214. The van der Waals surface area contributed by atoms with E-state index < -0.39 is 0 Å². The fraction of sp³-hybridized carbons (Fsp3) is 0.0857. The van der Waals surface area contributed by atoms with Gasteiger partial charge in [0, 0.05) is 75.6 Å². The van der Waals surface area contributed by atoms with Gasteiger partial charge in [0.2, 0.25) is 0 Å². The molecule has 41 heavy (non-hydrogen) atoms. The van der Waals surface area contributed by atoms with Crippen molar-refractivity contribution in [2.45, 2.75) is 19.3 Å². The molecule has 0 N–H and O–H groups in total. The molecule has 0 aliphatic heterocycles. The highest BCUT2D eigenvalue weighted by Crippen LogP contribution is 2.54. The predicted octanol–water partition coefficient (Wildman–Crippen LogP) is 9.52. The Morgan fingerprint density at radius 1 is 0.561 bits per heavy atom. The first kappa shape index (κ1) is 24.3. The van der Waals surface area contributed by atoms with Crippen molar-refractivity contribution in [3.63, 3.8) is 0 Å². The maximum Gasteiger partial charge on any atom is 0.124 e. The van der Waals surface area contributed by atoms with E-state index in [1.807, 2.05) is 47.9 Å². The van der Waals surface area contributed by atoms with Crippen LogP contribution in [0.25, 0.3) is 65.3 Å². The lowest BCUT2D eigenvalue weighted by Crippen LogP contribution is -2.15. The summed E-state index contributed by atoms with van der Waals surface area (Å²) in [5, 5.41) is 8.48. The van der Waals surface area contributed by atoms with Gasteiger partial charge in [-0.1, -0.05) is 50.2 Å². The van der Waals surface area contributed by atoms with E-state index in [9.17, 15) is 0 Å². The Labute approximate surface area is 246 Å². The molecule has 0 saturated heterocycles. The van der Waals surface area contributed by atoms with Crippen LogP contribution in [0.2, 0.25) is 0 Å². The molecule has 8 rings (SSSR count). The molecule has 0 unspecified atom stereocenters. The lowest BCUT2D eigenvalue weighted by atomic mass is 9.80. The molecule has 1 aliphatic carbocycles. The van der Waals surface area contributed by atoms with E-state index >= 15 is 0 Å². The number of benzene rings is 3. The third-order valence-corrected chi connectivity index (χ3v) is 9.80. The van der Waals surface area contributed by atoms with Crippen LogP contribution >= 0.6 is 22.7 Å². The van der Waals surface area contributed by atoms with Gasteiger partial charge in [-0.2, -0.15) is 0 Å². The van der Waals surface area contributed by atoms with Crippen LogP contribution in [0.15, 0.2) is 109 Å². The zero-order valence-electron chi connectivity index (χ0n) is 22.5. The second-order valence-electron chi connectivity index (χ2n) is 10.9. The smallest absolute Gasteiger partial charge is 0.124 e. The van der Waals surface area contributed by atoms with Gasteiger partial charge in [-0.25, -0.2) is 9.97 Å². The van der Waals surface area contributed by atoms with Gasteiger partial charge in [-0.15, -0.1) is 22.7 Å². The molecule has 0 atom stereocenters. The molecular weight excluding hydrogens is 541 g/mol. The molecule has 0 radical (unpaired) electrons. The van der Waals surface area contributed by atoms with Crippen molar-refractivity contribution in [2.24, 2.45) is 0 Å². The second kappa shape index (κ2) is 9.26. The van der Waals surface area contributed by atoms with Gasteiger partial charge in [0.05, 0.1) is 0 Å². The van der Waals surface area contributed by atoms with Crippen LogP contribution in [0.3, 0.4) is 0 Å². The minimum absolute atomic E-state index is 0.180. The van der Waals surface area contributed by atoms with E-state index in [1.165, 1.54) is 44.2 Å². The molecule has 4 heterocycles. The average Bonchev–Trinajstić information content (AvgIpc) is 3.79. The summed E-state index contributed by atoms with van der Waals surface area (Å²) in [4.78, 5) is 18.2. The lowest BCUT2D eigenvalue weighted by Gasteiger charge is -2.23. The molecule has 0 spiro atoms. The van der Waals surface area contributed by atoms with Crippen LogP contribution < -0.4 is 0 Å². The number of hydrogen-bond acceptors (Lipinski definition) is 6. The molecule has 7 aromatic rings. The van der Waals surface area contributed by atoms with Crippen molar-refractivity contribution < 1.29 is 0 Å². The van der Waals surface area contributed by atoms with Crippen LogP contribution in [0.5, 0.6) is 0 Å². The third kappa shape index (κ3) is 3.86. The van der Waals surface area contributed by atoms with Crippen LogP contribution in [0.1, 0.15) is 25.0 Å². The molecule has 1 aliphatic rings. The maximum absolute atomic E-state index is 4.62. The number of thiazole rings is 2. The monoisotopic (exact) mass is 564 g/mol. The summed E-state index contributed by atoms with van der Waals surface area (Å²) >= 11 is 3.27. The van der Waals surface area contributed by atoms with Crippen LogP contribution in [-0.2, 0) is 5.41 Å². The summed E-state index contributed by atoms with van der Waals surface area (Å²) in [6.07, 6.45) is 11.4. The second-order valence-corrected chi connectivity index (χ2v) is 12.7. The van der Waals surface area contributed by atoms with Gasteiger partial charge < -0.3 is 0 Å². The molecular formula is C35H24N4S2. The van der Waals surface area contributed by atoms with E-state index in [0.29, 0.717) is 0 Å². The van der Waals surface area contributed by atoms with E-state index in [-0.39, 0.29) is 5.41 Å². The Morgan fingerprint density at radius 2 is 1.20 bits per heavy atom. The average molecular weight is 565 g/mol. The van der Waals surface area contributed by atoms with Gasteiger partial charge in [-0.05, 0) is 68.4 Å². The van der Waals surface area contributed by atoms with Crippen molar-refractivity contribution >= 4 is 33.4 Å². The zero-order valence-corrected chi connectivity index (χ0v) is 24.1.